The van der Waals surface area contributed by atoms with Crippen LogP contribution in [0.3, 0.4) is 0 Å². The standard InChI is InChI=1S/C24H20O/c1-2-7-20-21-14-12-16-8-3-5-10-18(16)23(21)25-24-19-11-6-4-9-17(19)13-15-22(20)24/h3-6,8-15,20H,2,7H2,1H3. The summed E-state index contributed by atoms with van der Waals surface area (Å²) in [6, 6.07) is 26.0. The van der Waals surface area contributed by atoms with Crippen LogP contribution in [0.2, 0.25) is 0 Å². The van der Waals surface area contributed by atoms with Gasteiger partial charge in [-0.2, -0.15) is 0 Å². The highest BCUT2D eigenvalue weighted by Gasteiger charge is 2.29. The Kier molecular flexibility index (Phi) is 3.27. The van der Waals surface area contributed by atoms with Gasteiger partial charge >= 0.3 is 0 Å². The summed E-state index contributed by atoms with van der Waals surface area (Å²) in [4.78, 5) is 0. The molecule has 0 aliphatic carbocycles. The Morgan fingerprint density at radius 2 is 1.20 bits per heavy atom. The molecule has 122 valence electrons. The second-order valence-corrected chi connectivity index (χ2v) is 6.85. The van der Waals surface area contributed by atoms with E-state index in [9.17, 15) is 0 Å². The van der Waals surface area contributed by atoms with Crippen LogP contribution in [-0.2, 0) is 0 Å². The Labute approximate surface area is 147 Å². The first-order valence-corrected chi connectivity index (χ1v) is 9.08. The predicted octanol–water partition coefficient (Wildman–Crippen LogP) is 7.03. The lowest BCUT2D eigenvalue weighted by Gasteiger charge is -2.30. The molecule has 1 nitrogen and oxygen atoms in total. The fraction of sp³-hybridized carbons (Fsp3) is 0.167. The highest BCUT2D eigenvalue weighted by atomic mass is 16.5. The van der Waals surface area contributed by atoms with Crippen LogP contribution in [0.25, 0.3) is 21.5 Å². The van der Waals surface area contributed by atoms with Crippen molar-refractivity contribution < 1.29 is 4.74 Å². The molecule has 0 saturated heterocycles. The van der Waals surface area contributed by atoms with Crippen molar-refractivity contribution in [3.63, 3.8) is 0 Å². The zero-order valence-electron chi connectivity index (χ0n) is 14.3. The lowest BCUT2D eigenvalue weighted by Crippen LogP contribution is -2.11. The normalized spacial score (nSPS) is 13.5. The molecular formula is C24H20O. The van der Waals surface area contributed by atoms with Crippen molar-refractivity contribution in [3.8, 4) is 11.5 Å². The predicted molar refractivity (Wildman–Crippen MR) is 105 cm³/mol. The fourth-order valence-electron chi connectivity index (χ4n) is 4.17. The number of rotatable bonds is 2. The summed E-state index contributed by atoms with van der Waals surface area (Å²) >= 11 is 0. The molecule has 4 aromatic rings. The maximum absolute atomic E-state index is 6.58. The lowest BCUT2D eigenvalue weighted by molar-refractivity contribution is 0.450. The summed E-state index contributed by atoms with van der Waals surface area (Å²) < 4.78 is 6.58. The van der Waals surface area contributed by atoms with Crippen LogP contribution in [0.4, 0.5) is 0 Å². The van der Waals surface area contributed by atoms with Crippen LogP contribution < -0.4 is 4.74 Å². The Morgan fingerprint density at radius 3 is 1.72 bits per heavy atom. The van der Waals surface area contributed by atoms with Crippen molar-refractivity contribution in [1.29, 1.82) is 0 Å². The van der Waals surface area contributed by atoms with E-state index in [2.05, 4.69) is 79.7 Å². The summed E-state index contributed by atoms with van der Waals surface area (Å²) in [5.74, 6) is 2.48. The van der Waals surface area contributed by atoms with Gasteiger partial charge in [-0.15, -0.1) is 0 Å². The molecule has 0 N–H and O–H groups in total. The third-order valence-electron chi connectivity index (χ3n) is 5.35. The summed E-state index contributed by atoms with van der Waals surface area (Å²) in [6.07, 6.45) is 2.29. The average Bonchev–Trinajstić information content (AvgIpc) is 2.67. The van der Waals surface area contributed by atoms with Gasteiger partial charge in [-0.3, -0.25) is 0 Å². The molecule has 0 atom stereocenters. The number of benzene rings is 4. The van der Waals surface area contributed by atoms with Crippen molar-refractivity contribution in [1.82, 2.24) is 0 Å². The zero-order valence-corrected chi connectivity index (χ0v) is 14.3. The lowest BCUT2D eigenvalue weighted by atomic mass is 9.82. The van der Waals surface area contributed by atoms with E-state index in [-0.39, 0.29) is 0 Å². The Bertz CT molecular complexity index is 1010. The van der Waals surface area contributed by atoms with Gasteiger partial charge in [0.05, 0.1) is 0 Å². The van der Waals surface area contributed by atoms with Gasteiger partial charge < -0.3 is 4.74 Å². The average molecular weight is 324 g/mol. The molecule has 4 aromatic carbocycles. The maximum atomic E-state index is 6.58. The molecule has 0 spiro atoms. The summed E-state index contributed by atoms with van der Waals surface area (Å²) in [5, 5.41) is 4.89. The minimum atomic E-state index is 0.401. The molecule has 1 aliphatic heterocycles. The smallest absolute Gasteiger partial charge is 0.139 e. The number of ether oxygens (including phenoxy) is 1. The van der Waals surface area contributed by atoms with Crippen molar-refractivity contribution in [2.24, 2.45) is 0 Å². The number of hydrogen-bond donors (Lipinski definition) is 0. The van der Waals surface area contributed by atoms with Crippen molar-refractivity contribution in [2.75, 3.05) is 0 Å². The van der Waals surface area contributed by atoms with Crippen molar-refractivity contribution in [2.45, 2.75) is 25.7 Å². The molecule has 0 bridgehead atoms. The molecule has 0 saturated carbocycles. The van der Waals surface area contributed by atoms with E-state index in [1.165, 1.54) is 32.7 Å². The van der Waals surface area contributed by atoms with Gasteiger partial charge in [-0.1, -0.05) is 86.1 Å². The second-order valence-electron chi connectivity index (χ2n) is 6.85. The number of hydrogen-bond acceptors (Lipinski definition) is 1. The van der Waals surface area contributed by atoms with E-state index in [0.29, 0.717) is 5.92 Å². The molecule has 25 heavy (non-hydrogen) atoms. The van der Waals surface area contributed by atoms with Crippen LogP contribution in [0.15, 0.2) is 72.8 Å². The molecule has 0 fully saturated rings. The molecule has 1 heterocycles. The topological polar surface area (TPSA) is 9.23 Å². The van der Waals surface area contributed by atoms with Crippen molar-refractivity contribution >= 4 is 21.5 Å². The minimum Gasteiger partial charge on any atom is -0.455 e. The van der Waals surface area contributed by atoms with E-state index in [4.69, 9.17) is 4.74 Å². The van der Waals surface area contributed by atoms with E-state index < -0.39 is 0 Å². The molecule has 0 amide bonds. The monoisotopic (exact) mass is 324 g/mol. The largest absolute Gasteiger partial charge is 0.455 e. The SMILES string of the molecule is CCCC1c2ccc3ccccc3c2Oc2c1ccc1ccccc21. The van der Waals surface area contributed by atoms with Crippen molar-refractivity contribution in [3.05, 3.63) is 83.9 Å². The molecule has 1 heteroatoms. The quantitative estimate of drug-likeness (QED) is 0.384. The molecule has 0 radical (unpaired) electrons. The first-order chi connectivity index (χ1) is 12.4. The van der Waals surface area contributed by atoms with Crippen LogP contribution in [0.1, 0.15) is 36.8 Å². The third-order valence-corrected chi connectivity index (χ3v) is 5.35. The number of fused-ring (bicyclic) bond motifs is 6. The van der Waals surface area contributed by atoms with Gasteiger partial charge in [-0.05, 0) is 17.2 Å². The Balaban J connectivity index is 1.83. The van der Waals surface area contributed by atoms with Gasteiger partial charge in [0.25, 0.3) is 0 Å². The van der Waals surface area contributed by atoms with E-state index in [1.807, 2.05) is 0 Å². The van der Waals surface area contributed by atoms with E-state index in [1.54, 1.807) is 0 Å². The second kappa shape index (κ2) is 5.63. The molecular weight excluding hydrogens is 304 g/mol. The zero-order chi connectivity index (χ0) is 16.8. The van der Waals surface area contributed by atoms with Gasteiger partial charge in [0.15, 0.2) is 0 Å². The minimum absolute atomic E-state index is 0.401. The Morgan fingerprint density at radius 1 is 0.680 bits per heavy atom. The molecule has 0 unspecified atom stereocenters. The highest BCUT2D eigenvalue weighted by molar-refractivity contribution is 5.95. The highest BCUT2D eigenvalue weighted by Crippen LogP contribution is 2.51. The molecule has 0 aromatic heterocycles. The molecule has 1 aliphatic rings. The summed E-state index contributed by atoms with van der Waals surface area (Å²) in [5.41, 5.74) is 2.65. The summed E-state index contributed by atoms with van der Waals surface area (Å²) in [6.45, 7) is 2.26. The van der Waals surface area contributed by atoms with Crippen LogP contribution in [0.5, 0.6) is 11.5 Å². The third kappa shape index (κ3) is 2.16. The maximum Gasteiger partial charge on any atom is 0.139 e. The summed E-state index contributed by atoms with van der Waals surface area (Å²) in [7, 11) is 0. The fourth-order valence-corrected chi connectivity index (χ4v) is 4.17. The Hall–Kier alpha value is -2.80. The van der Waals surface area contributed by atoms with Gasteiger partial charge in [0.2, 0.25) is 0 Å². The van der Waals surface area contributed by atoms with Gasteiger partial charge in [0, 0.05) is 27.8 Å². The van der Waals surface area contributed by atoms with Gasteiger partial charge in [-0.25, -0.2) is 0 Å². The van der Waals surface area contributed by atoms with Crippen LogP contribution >= 0.6 is 0 Å². The van der Waals surface area contributed by atoms with Crippen LogP contribution in [-0.4, -0.2) is 0 Å². The molecule has 5 rings (SSSR count). The van der Waals surface area contributed by atoms with E-state index >= 15 is 0 Å². The first kappa shape index (κ1) is 14.5. The van der Waals surface area contributed by atoms with Gasteiger partial charge in [0.1, 0.15) is 11.5 Å². The first-order valence-electron chi connectivity index (χ1n) is 9.08. The van der Waals surface area contributed by atoms with E-state index in [0.717, 1.165) is 24.3 Å². The van der Waals surface area contributed by atoms with Crippen LogP contribution in [0, 0.1) is 0 Å².